The van der Waals surface area contributed by atoms with Gasteiger partial charge in [0.1, 0.15) is 23.1 Å². The minimum absolute atomic E-state index is 0.269. The second-order valence-corrected chi connectivity index (χ2v) is 6.72. The molecule has 0 aliphatic carbocycles. The molecule has 0 saturated carbocycles. The van der Waals surface area contributed by atoms with Crippen LogP contribution >= 0.6 is 0 Å². The Balaban J connectivity index is 1.81. The standard InChI is InChI=1S/C24H19FN2O2/c1-16-6-8-18(9-7-16)23-26-22(15-17-4-3-5-21(14-17)29-2)24(28)27(23)20-12-10-19(25)11-13-20/h3-15H,1-2H3/b22-15+. The molecule has 4 rings (SSSR count). The van der Waals surface area contributed by atoms with E-state index in [1.807, 2.05) is 55.5 Å². The predicted molar refractivity (Wildman–Crippen MR) is 113 cm³/mol. The van der Waals surface area contributed by atoms with Crippen LogP contribution in [0.4, 0.5) is 10.1 Å². The second-order valence-electron chi connectivity index (χ2n) is 6.72. The Kier molecular flexibility index (Phi) is 4.96. The van der Waals surface area contributed by atoms with Crippen molar-refractivity contribution in [2.24, 2.45) is 4.99 Å². The molecule has 0 unspecified atom stereocenters. The first kappa shape index (κ1) is 18.6. The molecule has 1 aliphatic heterocycles. The Morgan fingerprint density at radius 2 is 1.72 bits per heavy atom. The molecule has 4 nitrogen and oxygen atoms in total. The number of aliphatic imine (C=N–C) groups is 1. The molecule has 0 bridgehead atoms. The van der Waals surface area contributed by atoms with E-state index in [0.717, 1.165) is 16.7 Å². The van der Waals surface area contributed by atoms with Crippen molar-refractivity contribution in [2.75, 3.05) is 12.0 Å². The topological polar surface area (TPSA) is 41.9 Å². The number of methoxy groups -OCH3 is 1. The third-order valence-electron chi connectivity index (χ3n) is 4.65. The summed E-state index contributed by atoms with van der Waals surface area (Å²) in [5.41, 5.74) is 3.59. The summed E-state index contributed by atoms with van der Waals surface area (Å²) < 4.78 is 18.7. The maximum absolute atomic E-state index is 13.4. The monoisotopic (exact) mass is 386 g/mol. The van der Waals surface area contributed by atoms with Crippen LogP contribution in [-0.2, 0) is 4.79 Å². The zero-order valence-electron chi connectivity index (χ0n) is 16.1. The van der Waals surface area contributed by atoms with Crippen molar-refractivity contribution in [1.82, 2.24) is 0 Å². The quantitative estimate of drug-likeness (QED) is 0.594. The van der Waals surface area contributed by atoms with Crippen LogP contribution in [0.15, 0.2) is 83.5 Å². The van der Waals surface area contributed by atoms with E-state index in [1.165, 1.54) is 17.0 Å². The van der Waals surface area contributed by atoms with E-state index in [4.69, 9.17) is 4.74 Å². The van der Waals surface area contributed by atoms with E-state index < -0.39 is 0 Å². The van der Waals surface area contributed by atoms with E-state index in [-0.39, 0.29) is 11.7 Å². The summed E-state index contributed by atoms with van der Waals surface area (Å²) in [6, 6.07) is 21.0. The Morgan fingerprint density at radius 1 is 1.00 bits per heavy atom. The van der Waals surface area contributed by atoms with Gasteiger partial charge in [-0.05, 0) is 55.0 Å². The molecule has 3 aromatic carbocycles. The van der Waals surface area contributed by atoms with Gasteiger partial charge in [-0.25, -0.2) is 9.38 Å². The molecule has 0 saturated heterocycles. The Morgan fingerprint density at radius 3 is 2.41 bits per heavy atom. The van der Waals surface area contributed by atoms with Crippen molar-refractivity contribution in [3.8, 4) is 5.75 Å². The predicted octanol–water partition coefficient (Wildman–Crippen LogP) is 4.98. The van der Waals surface area contributed by atoms with Crippen LogP contribution in [0, 0.1) is 12.7 Å². The first-order chi connectivity index (χ1) is 14.0. The number of carbonyl (C=O) groups is 1. The highest BCUT2D eigenvalue weighted by atomic mass is 19.1. The Labute approximate surface area is 168 Å². The van der Waals surface area contributed by atoms with Gasteiger partial charge < -0.3 is 4.74 Å². The molecule has 1 heterocycles. The summed E-state index contributed by atoms with van der Waals surface area (Å²) in [6.07, 6.45) is 1.72. The molecule has 0 radical (unpaired) electrons. The maximum Gasteiger partial charge on any atom is 0.282 e. The molecule has 0 N–H and O–H groups in total. The van der Waals surface area contributed by atoms with Crippen molar-refractivity contribution >= 4 is 23.5 Å². The highest BCUT2D eigenvalue weighted by Gasteiger charge is 2.32. The van der Waals surface area contributed by atoms with Crippen LogP contribution in [-0.4, -0.2) is 18.9 Å². The van der Waals surface area contributed by atoms with Crippen LogP contribution in [0.1, 0.15) is 16.7 Å². The van der Waals surface area contributed by atoms with Gasteiger partial charge in [-0.3, -0.25) is 9.69 Å². The number of benzene rings is 3. The number of anilines is 1. The van der Waals surface area contributed by atoms with E-state index in [2.05, 4.69) is 4.99 Å². The summed E-state index contributed by atoms with van der Waals surface area (Å²) in [4.78, 5) is 19.3. The molecule has 1 amide bonds. The largest absolute Gasteiger partial charge is 0.497 e. The lowest BCUT2D eigenvalue weighted by atomic mass is 10.1. The lowest BCUT2D eigenvalue weighted by Crippen LogP contribution is -2.32. The van der Waals surface area contributed by atoms with Gasteiger partial charge in [-0.2, -0.15) is 0 Å². The number of ether oxygens (including phenoxy) is 1. The third kappa shape index (κ3) is 3.80. The van der Waals surface area contributed by atoms with Crippen molar-refractivity contribution in [2.45, 2.75) is 6.92 Å². The average molecular weight is 386 g/mol. The molecular formula is C24H19FN2O2. The highest BCUT2D eigenvalue weighted by Crippen LogP contribution is 2.28. The SMILES string of the molecule is COc1cccc(/C=C2/N=C(c3ccc(C)cc3)N(c3ccc(F)cc3)C2=O)c1. The fourth-order valence-electron chi connectivity index (χ4n) is 3.13. The minimum Gasteiger partial charge on any atom is -0.497 e. The molecule has 29 heavy (non-hydrogen) atoms. The molecule has 0 atom stereocenters. The summed E-state index contributed by atoms with van der Waals surface area (Å²) >= 11 is 0. The van der Waals surface area contributed by atoms with E-state index in [9.17, 15) is 9.18 Å². The van der Waals surface area contributed by atoms with E-state index in [0.29, 0.717) is 23.0 Å². The van der Waals surface area contributed by atoms with E-state index >= 15 is 0 Å². The number of carbonyl (C=O) groups excluding carboxylic acids is 1. The lowest BCUT2D eigenvalue weighted by Gasteiger charge is -2.18. The van der Waals surface area contributed by atoms with Crippen LogP contribution in [0.2, 0.25) is 0 Å². The number of halogens is 1. The second kappa shape index (κ2) is 7.72. The fourth-order valence-corrected chi connectivity index (χ4v) is 3.13. The van der Waals surface area contributed by atoms with Gasteiger partial charge in [-0.15, -0.1) is 0 Å². The smallest absolute Gasteiger partial charge is 0.282 e. The van der Waals surface area contributed by atoms with Crippen LogP contribution in [0.25, 0.3) is 6.08 Å². The van der Waals surface area contributed by atoms with Gasteiger partial charge in [0.2, 0.25) is 0 Å². The maximum atomic E-state index is 13.4. The first-order valence-electron chi connectivity index (χ1n) is 9.16. The highest BCUT2D eigenvalue weighted by molar-refractivity contribution is 6.33. The van der Waals surface area contributed by atoms with Gasteiger partial charge in [0.15, 0.2) is 0 Å². The van der Waals surface area contributed by atoms with Gasteiger partial charge >= 0.3 is 0 Å². The molecule has 1 aliphatic rings. The zero-order valence-corrected chi connectivity index (χ0v) is 16.1. The zero-order chi connectivity index (χ0) is 20.4. The summed E-state index contributed by atoms with van der Waals surface area (Å²) in [7, 11) is 1.59. The van der Waals surface area contributed by atoms with Gasteiger partial charge in [-0.1, -0.05) is 42.0 Å². The third-order valence-corrected chi connectivity index (χ3v) is 4.65. The number of aryl methyl sites for hydroxylation is 1. The van der Waals surface area contributed by atoms with Crippen LogP contribution in [0.3, 0.4) is 0 Å². The van der Waals surface area contributed by atoms with Crippen molar-refractivity contribution in [3.63, 3.8) is 0 Å². The molecule has 0 aromatic heterocycles. The van der Waals surface area contributed by atoms with Gasteiger partial charge in [0, 0.05) is 5.56 Å². The minimum atomic E-state index is -0.360. The molecule has 3 aromatic rings. The molecule has 144 valence electrons. The normalized spacial score (nSPS) is 15.0. The Hall–Kier alpha value is -3.73. The van der Waals surface area contributed by atoms with Crippen molar-refractivity contribution < 1.29 is 13.9 Å². The number of hydrogen-bond acceptors (Lipinski definition) is 3. The Bertz CT molecular complexity index is 1120. The number of hydrogen-bond donors (Lipinski definition) is 0. The summed E-state index contributed by atoms with van der Waals surface area (Å²) in [5, 5.41) is 0. The number of nitrogens with zero attached hydrogens (tertiary/aromatic N) is 2. The summed E-state index contributed by atoms with van der Waals surface area (Å²) in [6.45, 7) is 2.00. The van der Waals surface area contributed by atoms with Crippen molar-refractivity contribution in [1.29, 1.82) is 0 Å². The number of amides is 1. The number of rotatable bonds is 4. The van der Waals surface area contributed by atoms with Crippen LogP contribution in [0.5, 0.6) is 5.75 Å². The fraction of sp³-hybridized carbons (Fsp3) is 0.0833. The van der Waals surface area contributed by atoms with E-state index in [1.54, 1.807) is 25.3 Å². The number of amidine groups is 1. The molecule has 0 spiro atoms. The van der Waals surface area contributed by atoms with Gasteiger partial charge in [0.25, 0.3) is 5.91 Å². The molecular weight excluding hydrogens is 367 g/mol. The molecule has 5 heteroatoms. The first-order valence-corrected chi connectivity index (χ1v) is 9.16. The van der Waals surface area contributed by atoms with Gasteiger partial charge in [0.05, 0.1) is 12.8 Å². The average Bonchev–Trinajstić information content (AvgIpc) is 3.05. The molecule has 0 fully saturated rings. The lowest BCUT2D eigenvalue weighted by molar-refractivity contribution is -0.113. The van der Waals surface area contributed by atoms with Crippen molar-refractivity contribution in [3.05, 3.63) is 101 Å². The summed E-state index contributed by atoms with van der Waals surface area (Å²) in [5.74, 6) is 0.579. The van der Waals surface area contributed by atoms with Crippen LogP contribution < -0.4 is 9.64 Å².